The Morgan fingerprint density at radius 2 is 1.79 bits per heavy atom. The topological polar surface area (TPSA) is 100 Å². The molecule has 9 heteroatoms. The Balaban J connectivity index is 1.49. The van der Waals surface area contributed by atoms with Crippen molar-refractivity contribution in [2.24, 2.45) is 0 Å². The van der Waals surface area contributed by atoms with Gasteiger partial charge >= 0.3 is 0 Å². The van der Waals surface area contributed by atoms with Crippen LogP contribution in [-0.2, 0) is 16.0 Å². The summed E-state index contributed by atoms with van der Waals surface area (Å²) in [6.45, 7) is 1.43. The molecule has 0 spiro atoms. The van der Waals surface area contributed by atoms with Crippen molar-refractivity contribution in [3.63, 3.8) is 0 Å². The van der Waals surface area contributed by atoms with E-state index >= 15 is 0 Å². The summed E-state index contributed by atoms with van der Waals surface area (Å²) in [6, 6.07) is 10.5. The monoisotopic (exact) mass is 414 g/mol. The van der Waals surface area contributed by atoms with Crippen LogP contribution in [0.25, 0.3) is 0 Å². The van der Waals surface area contributed by atoms with Crippen LogP contribution in [-0.4, -0.2) is 22.7 Å². The number of thiophene rings is 1. The Morgan fingerprint density at radius 3 is 2.50 bits per heavy atom. The first-order chi connectivity index (χ1) is 13.5. The smallest absolute Gasteiger partial charge is 0.267 e. The van der Waals surface area contributed by atoms with E-state index < -0.39 is 0 Å². The molecule has 3 N–H and O–H groups in total. The summed E-state index contributed by atoms with van der Waals surface area (Å²) in [7, 11) is 0. The van der Waals surface area contributed by atoms with Gasteiger partial charge in [-0.15, -0.1) is 22.7 Å². The van der Waals surface area contributed by atoms with Gasteiger partial charge in [0.1, 0.15) is 0 Å². The number of hydrogen-bond acceptors (Lipinski definition) is 6. The van der Waals surface area contributed by atoms with Crippen molar-refractivity contribution < 1.29 is 14.4 Å². The molecule has 3 aromatic rings. The van der Waals surface area contributed by atoms with Gasteiger partial charge in [-0.25, -0.2) is 4.98 Å². The number of aryl methyl sites for hydroxylation is 1. The summed E-state index contributed by atoms with van der Waals surface area (Å²) in [6.07, 6.45) is 0.717. The number of aromatic nitrogens is 1. The number of benzene rings is 1. The third kappa shape index (κ3) is 5.73. The average Bonchev–Trinajstić information content (AvgIpc) is 3.32. The molecule has 0 fully saturated rings. The fourth-order valence-electron chi connectivity index (χ4n) is 2.39. The summed E-state index contributed by atoms with van der Waals surface area (Å²) in [5, 5.41) is 12.4. The Morgan fingerprint density at radius 1 is 1.00 bits per heavy atom. The number of hydrogen-bond donors (Lipinski definition) is 3. The van der Waals surface area contributed by atoms with Gasteiger partial charge in [0.2, 0.25) is 11.8 Å². The highest BCUT2D eigenvalue weighted by atomic mass is 32.1. The van der Waals surface area contributed by atoms with Gasteiger partial charge in [0, 0.05) is 30.1 Å². The Kier molecular flexibility index (Phi) is 6.51. The molecule has 0 atom stereocenters. The van der Waals surface area contributed by atoms with Crippen molar-refractivity contribution in [3.05, 3.63) is 57.7 Å². The van der Waals surface area contributed by atoms with E-state index in [2.05, 4.69) is 20.9 Å². The van der Waals surface area contributed by atoms with Crippen LogP contribution in [0.1, 0.15) is 28.7 Å². The van der Waals surface area contributed by atoms with Crippen molar-refractivity contribution in [2.75, 3.05) is 16.0 Å². The second kappa shape index (κ2) is 9.25. The molecule has 0 unspecified atom stereocenters. The third-order valence-electron chi connectivity index (χ3n) is 3.59. The lowest BCUT2D eigenvalue weighted by Gasteiger charge is -2.07. The number of thiazole rings is 1. The van der Waals surface area contributed by atoms with Gasteiger partial charge in [-0.1, -0.05) is 12.1 Å². The zero-order chi connectivity index (χ0) is 19.9. The SMILES string of the molecule is CC(=O)Nc1cccc(NC(=O)CCc2csc(NC(=O)c3cccs3)n2)c1. The maximum absolute atomic E-state index is 12.2. The maximum atomic E-state index is 12.2. The second-order valence-corrected chi connectivity index (χ2v) is 7.69. The first-order valence-corrected chi connectivity index (χ1v) is 10.2. The van der Waals surface area contributed by atoms with Gasteiger partial charge in [0.05, 0.1) is 10.6 Å². The molecule has 0 aliphatic carbocycles. The minimum Gasteiger partial charge on any atom is -0.326 e. The number of rotatable bonds is 7. The highest BCUT2D eigenvalue weighted by Gasteiger charge is 2.11. The van der Waals surface area contributed by atoms with E-state index in [-0.39, 0.29) is 24.1 Å². The highest BCUT2D eigenvalue weighted by Crippen LogP contribution is 2.19. The first-order valence-electron chi connectivity index (χ1n) is 8.46. The molecule has 1 aromatic carbocycles. The van der Waals surface area contributed by atoms with Gasteiger partial charge in [0.15, 0.2) is 5.13 Å². The lowest BCUT2D eigenvalue weighted by Crippen LogP contribution is -2.13. The van der Waals surface area contributed by atoms with Crippen molar-refractivity contribution in [1.82, 2.24) is 4.98 Å². The Hall–Kier alpha value is -3.04. The molecule has 144 valence electrons. The fraction of sp³-hybridized carbons (Fsp3) is 0.158. The molecular formula is C19H18N4O3S2. The molecule has 0 radical (unpaired) electrons. The van der Waals surface area contributed by atoms with Crippen molar-refractivity contribution >= 4 is 56.9 Å². The number of carbonyl (C=O) groups excluding carboxylic acids is 3. The van der Waals surface area contributed by atoms with Crippen LogP contribution < -0.4 is 16.0 Å². The van der Waals surface area contributed by atoms with E-state index in [9.17, 15) is 14.4 Å². The van der Waals surface area contributed by atoms with Crippen LogP contribution in [0.2, 0.25) is 0 Å². The van der Waals surface area contributed by atoms with Crippen molar-refractivity contribution in [3.8, 4) is 0 Å². The van der Waals surface area contributed by atoms with Crippen LogP contribution in [0.15, 0.2) is 47.2 Å². The lowest BCUT2D eigenvalue weighted by molar-refractivity contribution is -0.116. The number of nitrogens with one attached hydrogen (secondary N) is 3. The lowest BCUT2D eigenvalue weighted by atomic mass is 10.2. The van der Waals surface area contributed by atoms with Gasteiger partial charge in [-0.3, -0.25) is 19.7 Å². The summed E-state index contributed by atoms with van der Waals surface area (Å²) >= 11 is 2.69. The molecule has 3 amide bonds. The Labute approximate surface area is 169 Å². The maximum Gasteiger partial charge on any atom is 0.267 e. The summed E-state index contributed by atoms with van der Waals surface area (Å²) in [4.78, 5) is 40.3. The quantitative estimate of drug-likeness (QED) is 0.544. The van der Waals surface area contributed by atoms with Crippen LogP contribution in [0, 0.1) is 0 Å². The zero-order valence-corrected chi connectivity index (χ0v) is 16.7. The van der Waals surface area contributed by atoms with Gasteiger partial charge in [0.25, 0.3) is 5.91 Å². The molecule has 2 aromatic heterocycles. The fourth-order valence-corrected chi connectivity index (χ4v) is 3.75. The number of amides is 3. The van der Waals surface area contributed by atoms with Crippen molar-refractivity contribution in [1.29, 1.82) is 0 Å². The Bertz CT molecular complexity index is 983. The molecule has 28 heavy (non-hydrogen) atoms. The molecule has 0 aliphatic heterocycles. The second-order valence-electron chi connectivity index (χ2n) is 5.89. The van der Waals surface area contributed by atoms with E-state index in [0.717, 1.165) is 5.69 Å². The molecule has 0 saturated heterocycles. The van der Waals surface area contributed by atoms with Gasteiger partial charge < -0.3 is 10.6 Å². The van der Waals surface area contributed by atoms with E-state index in [4.69, 9.17) is 0 Å². The number of anilines is 3. The normalized spacial score (nSPS) is 10.3. The minimum absolute atomic E-state index is 0.155. The van der Waals surface area contributed by atoms with E-state index in [0.29, 0.717) is 27.8 Å². The predicted octanol–water partition coefficient (Wildman–Crippen LogP) is 3.99. The molecule has 0 saturated carbocycles. The van der Waals surface area contributed by atoms with E-state index in [1.54, 1.807) is 30.3 Å². The standard InChI is InChI=1S/C19H18N4O3S2/c1-12(24)20-13-4-2-5-14(10-13)21-17(25)8-7-15-11-28-19(22-15)23-18(26)16-6-3-9-27-16/h2-6,9-11H,7-8H2,1H3,(H,20,24)(H,21,25)(H,22,23,26). The molecule has 0 aliphatic rings. The molecular weight excluding hydrogens is 396 g/mol. The predicted molar refractivity (Wildman–Crippen MR) is 112 cm³/mol. The van der Waals surface area contributed by atoms with Crippen LogP contribution in [0.3, 0.4) is 0 Å². The zero-order valence-electron chi connectivity index (χ0n) is 15.0. The van der Waals surface area contributed by atoms with Crippen LogP contribution in [0.5, 0.6) is 0 Å². The molecule has 0 bridgehead atoms. The summed E-state index contributed by atoms with van der Waals surface area (Å²) in [5.74, 6) is -0.515. The molecule has 7 nitrogen and oxygen atoms in total. The number of carbonyl (C=O) groups is 3. The van der Waals surface area contributed by atoms with Crippen LogP contribution >= 0.6 is 22.7 Å². The van der Waals surface area contributed by atoms with E-state index in [1.165, 1.54) is 29.6 Å². The van der Waals surface area contributed by atoms with E-state index in [1.807, 2.05) is 16.8 Å². The minimum atomic E-state index is -0.187. The van der Waals surface area contributed by atoms with Crippen molar-refractivity contribution in [2.45, 2.75) is 19.8 Å². The number of nitrogens with zero attached hydrogens (tertiary/aromatic N) is 1. The summed E-state index contributed by atoms with van der Waals surface area (Å²) < 4.78 is 0. The first kappa shape index (κ1) is 19.7. The third-order valence-corrected chi connectivity index (χ3v) is 5.27. The molecule has 3 rings (SSSR count). The largest absolute Gasteiger partial charge is 0.326 e. The average molecular weight is 415 g/mol. The van der Waals surface area contributed by atoms with Gasteiger partial charge in [-0.05, 0) is 36.1 Å². The highest BCUT2D eigenvalue weighted by molar-refractivity contribution is 7.14. The molecule has 2 heterocycles. The summed E-state index contributed by atoms with van der Waals surface area (Å²) in [5.41, 5.74) is 1.97. The van der Waals surface area contributed by atoms with Crippen LogP contribution in [0.4, 0.5) is 16.5 Å². The van der Waals surface area contributed by atoms with Gasteiger partial charge in [-0.2, -0.15) is 0 Å².